The van der Waals surface area contributed by atoms with Gasteiger partial charge in [-0.05, 0) is 18.1 Å². The van der Waals surface area contributed by atoms with Gasteiger partial charge in [-0.1, -0.05) is 43.1 Å². The van der Waals surface area contributed by atoms with E-state index in [-0.39, 0.29) is 5.91 Å². The maximum Gasteiger partial charge on any atom is 0.222 e. The molecular weight excluding hydrogens is 295 g/mol. The van der Waals surface area contributed by atoms with E-state index >= 15 is 0 Å². The number of hydrogen-bond acceptors (Lipinski definition) is 2. The standard InChI is InChI=1S/C15H20Cl2N2O/c1-11(2)10-14(20)19-8-6-18(7-9-19)13-5-3-4-12(16)15(13)17/h3-5,11H,6-10H2,1-2H3. The molecular formula is C15H20Cl2N2O. The average molecular weight is 315 g/mol. The SMILES string of the molecule is CC(C)CC(=O)N1CCN(c2cccc(Cl)c2Cl)CC1. The summed E-state index contributed by atoms with van der Waals surface area (Å²) in [6.45, 7) is 7.22. The van der Waals surface area contributed by atoms with Crippen molar-refractivity contribution >= 4 is 34.8 Å². The predicted octanol–water partition coefficient (Wildman–Crippen LogP) is 3.69. The molecule has 1 saturated heterocycles. The summed E-state index contributed by atoms with van der Waals surface area (Å²) in [5.41, 5.74) is 0.954. The fraction of sp³-hybridized carbons (Fsp3) is 0.533. The number of anilines is 1. The summed E-state index contributed by atoms with van der Waals surface area (Å²) >= 11 is 12.3. The van der Waals surface area contributed by atoms with Crippen molar-refractivity contribution in [1.82, 2.24) is 4.90 Å². The van der Waals surface area contributed by atoms with Crippen molar-refractivity contribution in [2.24, 2.45) is 5.92 Å². The molecule has 3 nitrogen and oxygen atoms in total. The molecule has 0 bridgehead atoms. The van der Waals surface area contributed by atoms with E-state index < -0.39 is 0 Å². The second-order valence-electron chi connectivity index (χ2n) is 5.54. The summed E-state index contributed by atoms with van der Waals surface area (Å²) in [5, 5.41) is 1.17. The van der Waals surface area contributed by atoms with Gasteiger partial charge in [0, 0.05) is 32.6 Å². The molecule has 1 heterocycles. The van der Waals surface area contributed by atoms with E-state index in [0.29, 0.717) is 22.4 Å². The molecule has 1 aliphatic rings. The van der Waals surface area contributed by atoms with Gasteiger partial charge in [0.2, 0.25) is 5.91 Å². The Balaban J connectivity index is 1.97. The van der Waals surface area contributed by atoms with E-state index in [4.69, 9.17) is 23.2 Å². The molecule has 0 spiro atoms. The number of amides is 1. The molecule has 1 aromatic carbocycles. The first kappa shape index (κ1) is 15.5. The minimum Gasteiger partial charge on any atom is -0.367 e. The van der Waals surface area contributed by atoms with Gasteiger partial charge >= 0.3 is 0 Å². The average Bonchev–Trinajstić information content (AvgIpc) is 2.41. The molecule has 2 rings (SSSR count). The van der Waals surface area contributed by atoms with Gasteiger partial charge in [0.15, 0.2) is 0 Å². The second kappa shape index (κ2) is 6.68. The Morgan fingerprint density at radius 1 is 1.20 bits per heavy atom. The van der Waals surface area contributed by atoms with Crippen LogP contribution in [0.3, 0.4) is 0 Å². The van der Waals surface area contributed by atoms with Gasteiger partial charge in [-0.3, -0.25) is 4.79 Å². The number of rotatable bonds is 3. The van der Waals surface area contributed by atoms with Gasteiger partial charge in [-0.25, -0.2) is 0 Å². The molecule has 20 heavy (non-hydrogen) atoms. The highest BCUT2D eigenvalue weighted by Gasteiger charge is 2.23. The Labute approximate surface area is 130 Å². The summed E-state index contributed by atoms with van der Waals surface area (Å²) in [5.74, 6) is 0.653. The van der Waals surface area contributed by atoms with Crippen LogP contribution in [0.1, 0.15) is 20.3 Å². The lowest BCUT2D eigenvalue weighted by atomic mass is 10.1. The van der Waals surface area contributed by atoms with Crippen LogP contribution in [0.5, 0.6) is 0 Å². The highest BCUT2D eigenvalue weighted by Crippen LogP contribution is 2.32. The van der Waals surface area contributed by atoms with E-state index in [1.165, 1.54) is 0 Å². The van der Waals surface area contributed by atoms with Gasteiger partial charge in [-0.2, -0.15) is 0 Å². The highest BCUT2D eigenvalue weighted by molar-refractivity contribution is 6.43. The summed E-state index contributed by atoms with van der Waals surface area (Å²) in [6.07, 6.45) is 0.623. The third-order valence-corrected chi connectivity index (χ3v) is 4.30. The molecule has 0 unspecified atom stereocenters. The smallest absolute Gasteiger partial charge is 0.222 e. The second-order valence-corrected chi connectivity index (χ2v) is 6.32. The Morgan fingerprint density at radius 2 is 1.85 bits per heavy atom. The molecule has 1 aromatic rings. The number of piperazine rings is 1. The topological polar surface area (TPSA) is 23.6 Å². The molecule has 0 aliphatic carbocycles. The van der Waals surface area contributed by atoms with Gasteiger partial charge < -0.3 is 9.80 Å². The van der Waals surface area contributed by atoms with Crippen molar-refractivity contribution in [3.63, 3.8) is 0 Å². The third kappa shape index (κ3) is 3.58. The van der Waals surface area contributed by atoms with E-state index in [2.05, 4.69) is 18.7 Å². The Morgan fingerprint density at radius 3 is 2.45 bits per heavy atom. The fourth-order valence-electron chi connectivity index (χ4n) is 2.41. The maximum atomic E-state index is 12.0. The first-order chi connectivity index (χ1) is 9.49. The fourth-order valence-corrected chi connectivity index (χ4v) is 2.83. The number of benzene rings is 1. The van der Waals surface area contributed by atoms with E-state index in [1.807, 2.05) is 17.0 Å². The van der Waals surface area contributed by atoms with Gasteiger partial charge in [0.25, 0.3) is 0 Å². The lowest BCUT2D eigenvalue weighted by Gasteiger charge is -2.36. The first-order valence-electron chi connectivity index (χ1n) is 6.95. The molecule has 0 radical (unpaired) electrons. The van der Waals surface area contributed by atoms with Crippen molar-refractivity contribution in [2.45, 2.75) is 20.3 Å². The summed E-state index contributed by atoms with van der Waals surface area (Å²) in [7, 11) is 0. The Kier molecular flexibility index (Phi) is 5.17. The van der Waals surface area contributed by atoms with Crippen LogP contribution in [-0.2, 0) is 4.79 Å². The zero-order chi connectivity index (χ0) is 14.7. The molecule has 1 amide bonds. The normalized spacial score (nSPS) is 15.8. The summed E-state index contributed by atoms with van der Waals surface area (Å²) < 4.78 is 0. The molecule has 110 valence electrons. The summed E-state index contributed by atoms with van der Waals surface area (Å²) in [6, 6.07) is 5.66. The number of hydrogen-bond donors (Lipinski definition) is 0. The molecule has 0 N–H and O–H groups in total. The number of halogens is 2. The number of carbonyl (C=O) groups excluding carboxylic acids is 1. The zero-order valence-corrected chi connectivity index (χ0v) is 13.4. The van der Waals surface area contributed by atoms with Crippen molar-refractivity contribution in [3.8, 4) is 0 Å². The van der Waals surface area contributed by atoms with Crippen LogP contribution in [0.15, 0.2) is 18.2 Å². The van der Waals surface area contributed by atoms with Crippen LogP contribution in [-0.4, -0.2) is 37.0 Å². The quantitative estimate of drug-likeness (QED) is 0.849. The van der Waals surface area contributed by atoms with Crippen LogP contribution < -0.4 is 4.90 Å². The van der Waals surface area contributed by atoms with Gasteiger partial charge in [0.05, 0.1) is 15.7 Å². The van der Waals surface area contributed by atoms with Crippen molar-refractivity contribution < 1.29 is 4.79 Å². The van der Waals surface area contributed by atoms with Crippen molar-refractivity contribution in [3.05, 3.63) is 28.2 Å². The first-order valence-corrected chi connectivity index (χ1v) is 7.71. The monoisotopic (exact) mass is 314 g/mol. The van der Waals surface area contributed by atoms with E-state index in [1.54, 1.807) is 6.07 Å². The lowest BCUT2D eigenvalue weighted by Crippen LogP contribution is -2.49. The van der Waals surface area contributed by atoms with E-state index in [0.717, 1.165) is 31.9 Å². The minimum atomic E-state index is 0.247. The molecule has 1 aliphatic heterocycles. The molecule has 5 heteroatoms. The van der Waals surface area contributed by atoms with Crippen LogP contribution in [0, 0.1) is 5.92 Å². The minimum absolute atomic E-state index is 0.247. The van der Waals surface area contributed by atoms with Crippen molar-refractivity contribution in [1.29, 1.82) is 0 Å². The van der Waals surface area contributed by atoms with Crippen LogP contribution in [0.25, 0.3) is 0 Å². The summed E-state index contributed by atoms with van der Waals surface area (Å²) in [4.78, 5) is 16.2. The molecule has 1 fully saturated rings. The van der Waals surface area contributed by atoms with Crippen LogP contribution in [0.2, 0.25) is 10.0 Å². The lowest BCUT2D eigenvalue weighted by molar-refractivity contribution is -0.132. The van der Waals surface area contributed by atoms with E-state index in [9.17, 15) is 4.79 Å². The molecule has 0 saturated carbocycles. The van der Waals surface area contributed by atoms with Gasteiger partial charge in [0.1, 0.15) is 0 Å². The van der Waals surface area contributed by atoms with Crippen LogP contribution >= 0.6 is 23.2 Å². The number of carbonyl (C=O) groups is 1. The predicted molar refractivity (Wildman–Crippen MR) is 84.7 cm³/mol. The largest absolute Gasteiger partial charge is 0.367 e. The number of nitrogens with zero attached hydrogens (tertiary/aromatic N) is 2. The molecule has 0 aromatic heterocycles. The van der Waals surface area contributed by atoms with Crippen LogP contribution in [0.4, 0.5) is 5.69 Å². The Hall–Kier alpha value is -0.930. The highest BCUT2D eigenvalue weighted by atomic mass is 35.5. The zero-order valence-electron chi connectivity index (χ0n) is 11.9. The van der Waals surface area contributed by atoms with Gasteiger partial charge in [-0.15, -0.1) is 0 Å². The Bertz CT molecular complexity index is 483. The maximum absolute atomic E-state index is 12.0. The molecule has 0 atom stereocenters. The third-order valence-electron chi connectivity index (χ3n) is 3.49. The van der Waals surface area contributed by atoms with Crippen molar-refractivity contribution in [2.75, 3.05) is 31.1 Å².